The molecule has 0 bridgehead atoms. The number of alkyl halides is 1. The Hall–Kier alpha value is -0.0500. The normalized spacial score (nSPS) is 16.0. The van der Waals surface area contributed by atoms with Crippen LogP contribution < -0.4 is 0 Å². The van der Waals surface area contributed by atoms with Gasteiger partial charge in [-0.25, -0.2) is 0 Å². The molecule has 0 heterocycles. The van der Waals surface area contributed by atoms with Crippen LogP contribution in [0.25, 0.3) is 0 Å². The van der Waals surface area contributed by atoms with E-state index in [1.54, 1.807) is 7.11 Å². The van der Waals surface area contributed by atoms with Crippen LogP contribution in [0.5, 0.6) is 0 Å². The standard InChI is InChI=1S/C7H14BrNO/c1-5(4-8)6(2)7(9)10-3/h5-6,9H,4H2,1-3H3. The monoisotopic (exact) mass is 207 g/mol. The summed E-state index contributed by atoms with van der Waals surface area (Å²) in [5, 5.41) is 8.25. The Morgan fingerprint density at radius 1 is 1.60 bits per heavy atom. The summed E-state index contributed by atoms with van der Waals surface area (Å²) in [7, 11) is 1.54. The number of halogens is 1. The van der Waals surface area contributed by atoms with Crippen LogP contribution in [0, 0.1) is 17.2 Å². The number of hydrogen-bond donors (Lipinski definition) is 1. The first-order chi connectivity index (χ1) is 4.63. The number of hydrogen-bond acceptors (Lipinski definition) is 2. The van der Waals surface area contributed by atoms with Crippen molar-refractivity contribution in [3.05, 3.63) is 0 Å². The molecule has 0 saturated heterocycles. The lowest BCUT2D eigenvalue weighted by Crippen LogP contribution is -2.20. The third-order valence-electron chi connectivity index (χ3n) is 1.73. The second kappa shape index (κ2) is 4.72. The maximum absolute atomic E-state index is 7.33. The highest BCUT2D eigenvalue weighted by molar-refractivity contribution is 9.09. The third kappa shape index (κ3) is 2.69. The van der Waals surface area contributed by atoms with Gasteiger partial charge in [-0.1, -0.05) is 29.8 Å². The van der Waals surface area contributed by atoms with Crippen molar-refractivity contribution in [2.75, 3.05) is 12.4 Å². The highest BCUT2D eigenvalue weighted by atomic mass is 79.9. The van der Waals surface area contributed by atoms with Crippen LogP contribution in [0.4, 0.5) is 0 Å². The minimum absolute atomic E-state index is 0.212. The highest BCUT2D eigenvalue weighted by Crippen LogP contribution is 2.14. The van der Waals surface area contributed by atoms with Gasteiger partial charge in [0.2, 0.25) is 0 Å². The van der Waals surface area contributed by atoms with Crippen molar-refractivity contribution in [1.29, 1.82) is 5.41 Å². The van der Waals surface area contributed by atoms with Gasteiger partial charge < -0.3 is 4.74 Å². The van der Waals surface area contributed by atoms with E-state index in [9.17, 15) is 0 Å². The molecule has 0 rings (SSSR count). The van der Waals surface area contributed by atoms with E-state index in [0.717, 1.165) is 5.33 Å². The first-order valence-corrected chi connectivity index (χ1v) is 4.44. The summed E-state index contributed by atoms with van der Waals surface area (Å²) in [5.41, 5.74) is 0. The van der Waals surface area contributed by atoms with E-state index < -0.39 is 0 Å². The predicted molar refractivity (Wildman–Crippen MR) is 46.9 cm³/mol. The maximum atomic E-state index is 7.33. The zero-order valence-corrected chi connectivity index (χ0v) is 8.23. The molecule has 0 amide bonds. The molecule has 0 saturated carbocycles. The van der Waals surface area contributed by atoms with Crippen molar-refractivity contribution in [2.24, 2.45) is 11.8 Å². The van der Waals surface area contributed by atoms with Crippen LogP contribution in [0.2, 0.25) is 0 Å². The van der Waals surface area contributed by atoms with Gasteiger partial charge in [-0.3, -0.25) is 5.41 Å². The maximum Gasteiger partial charge on any atom is 0.183 e. The fourth-order valence-electron chi connectivity index (χ4n) is 0.578. The number of nitrogens with one attached hydrogen (secondary N) is 1. The molecule has 0 aliphatic heterocycles. The van der Waals surface area contributed by atoms with Crippen LogP contribution in [0.3, 0.4) is 0 Å². The molecule has 0 aromatic rings. The first-order valence-electron chi connectivity index (χ1n) is 3.31. The molecule has 0 aromatic heterocycles. The number of methoxy groups -OCH3 is 1. The largest absolute Gasteiger partial charge is 0.484 e. The molecular formula is C7H14BrNO. The van der Waals surface area contributed by atoms with Gasteiger partial charge >= 0.3 is 0 Å². The molecule has 0 aromatic carbocycles. The fourth-order valence-corrected chi connectivity index (χ4v) is 1.14. The van der Waals surface area contributed by atoms with Gasteiger partial charge in [-0.05, 0) is 5.92 Å². The highest BCUT2D eigenvalue weighted by Gasteiger charge is 2.15. The average Bonchev–Trinajstić information content (AvgIpc) is 2.00. The number of ether oxygens (including phenoxy) is 1. The Morgan fingerprint density at radius 3 is 2.40 bits per heavy atom. The second-order valence-electron chi connectivity index (χ2n) is 2.49. The van der Waals surface area contributed by atoms with E-state index in [4.69, 9.17) is 10.1 Å². The molecular weight excluding hydrogens is 194 g/mol. The predicted octanol–water partition coefficient (Wildman–Crippen LogP) is 2.28. The van der Waals surface area contributed by atoms with Crippen molar-refractivity contribution in [2.45, 2.75) is 13.8 Å². The molecule has 0 fully saturated rings. The molecule has 0 aliphatic rings. The summed E-state index contributed by atoms with van der Waals surface area (Å²) in [6.45, 7) is 4.09. The van der Waals surface area contributed by atoms with Crippen molar-refractivity contribution >= 4 is 21.8 Å². The van der Waals surface area contributed by atoms with E-state index in [-0.39, 0.29) is 5.92 Å². The molecule has 2 unspecified atom stereocenters. The molecule has 0 radical (unpaired) electrons. The van der Waals surface area contributed by atoms with Gasteiger partial charge in [0.1, 0.15) is 0 Å². The van der Waals surface area contributed by atoms with Crippen molar-refractivity contribution in [3.8, 4) is 0 Å². The second-order valence-corrected chi connectivity index (χ2v) is 3.14. The van der Waals surface area contributed by atoms with E-state index >= 15 is 0 Å². The van der Waals surface area contributed by atoms with Crippen LogP contribution in [-0.2, 0) is 4.74 Å². The summed E-state index contributed by atoms with van der Waals surface area (Å²) in [4.78, 5) is 0. The third-order valence-corrected chi connectivity index (χ3v) is 2.75. The minimum atomic E-state index is 0.212. The molecule has 0 spiro atoms. The smallest absolute Gasteiger partial charge is 0.183 e. The lowest BCUT2D eigenvalue weighted by atomic mass is 9.98. The summed E-state index contributed by atoms with van der Waals surface area (Å²) >= 11 is 3.36. The van der Waals surface area contributed by atoms with Crippen LogP contribution in [0.15, 0.2) is 0 Å². The Kier molecular flexibility index (Phi) is 4.69. The molecule has 3 heteroatoms. The molecule has 0 aliphatic carbocycles. The summed E-state index contributed by atoms with van der Waals surface area (Å²) in [6, 6.07) is 0. The van der Waals surface area contributed by atoms with E-state index in [1.807, 2.05) is 6.92 Å². The lowest BCUT2D eigenvalue weighted by Gasteiger charge is -2.16. The van der Waals surface area contributed by atoms with Gasteiger partial charge in [0.05, 0.1) is 7.11 Å². The van der Waals surface area contributed by atoms with Gasteiger partial charge in [0.15, 0.2) is 5.90 Å². The Morgan fingerprint density at radius 2 is 2.10 bits per heavy atom. The molecule has 10 heavy (non-hydrogen) atoms. The SMILES string of the molecule is COC(=N)C(C)C(C)CBr. The Labute approximate surface area is 70.6 Å². The van der Waals surface area contributed by atoms with E-state index in [2.05, 4.69) is 22.9 Å². The molecule has 2 atom stereocenters. The van der Waals surface area contributed by atoms with Gasteiger partial charge in [-0.15, -0.1) is 0 Å². The number of rotatable bonds is 3. The van der Waals surface area contributed by atoms with E-state index in [1.165, 1.54) is 0 Å². The van der Waals surface area contributed by atoms with Gasteiger partial charge in [0, 0.05) is 11.2 Å². The fraction of sp³-hybridized carbons (Fsp3) is 0.857. The van der Waals surface area contributed by atoms with Crippen molar-refractivity contribution in [1.82, 2.24) is 0 Å². The summed E-state index contributed by atoms with van der Waals surface area (Å²) < 4.78 is 4.80. The van der Waals surface area contributed by atoms with Crippen LogP contribution in [-0.4, -0.2) is 18.3 Å². The Balaban J connectivity index is 3.81. The van der Waals surface area contributed by atoms with Crippen LogP contribution >= 0.6 is 15.9 Å². The van der Waals surface area contributed by atoms with Crippen molar-refractivity contribution < 1.29 is 4.74 Å². The van der Waals surface area contributed by atoms with Crippen molar-refractivity contribution in [3.63, 3.8) is 0 Å². The van der Waals surface area contributed by atoms with E-state index in [0.29, 0.717) is 11.8 Å². The lowest BCUT2D eigenvalue weighted by molar-refractivity contribution is 0.343. The topological polar surface area (TPSA) is 33.1 Å². The van der Waals surface area contributed by atoms with Gasteiger partial charge in [-0.2, -0.15) is 0 Å². The summed E-state index contributed by atoms with van der Waals surface area (Å²) in [6.07, 6.45) is 0. The molecule has 60 valence electrons. The van der Waals surface area contributed by atoms with Gasteiger partial charge in [0.25, 0.3) is 0 Å². The molecule has 1 N–H and O–H groups in total. The summed E-state index contributed by atoms with van der Waals surface area (Å²) in [5.74, 6) is 1.05. The minimum Gasteiger partial charge on any atom is -0.484 e. The zero-order valence-electron chi connectivity index (χ0n) is 6.65. The van der Waals surface area contributed by atoms with Crippen LogP contribution in [0.1, 0.15) is 13.8 Å². The average molecular weight is 208 g/mol. The Bertz CT molecular complexity index is 116. The molecule has 2 nitrogen and oxygen atoms in total. The first kappa shape index (κ1) is 9.95. The zero-order chi connectivity index (χ0) is 8.15. The quantitative estimate of drug-likeness (QED) is 0.430.